The van der Waals surface area contributed by atoms with Crippen LogP contribution in [0, 0.1) is 0 Å². The molecule has 0 radical (unpaired) electrons. The minimum absolute atomic E-state index is 0.0822. The quantitative estimate of drug-likeness (QED) is 0.163. The fourth-order valence-corrected chi connectivity index (χ4v) is 5.23. The Hall–Kier alpha value is -3.40. The fourth-order valence-electron chi connectivity index (χ4n) is 3.38. The van der Waals surface area contributed by atoms with Gasteiger partial charge in [0.05, 0.1) is 12.9 Å². The lowest BCUT2D eigenvalue weighted by Crippen LogP contribution is -2.16. The lowest BCUT2D eigenvalue weighted by Gasteiger charge is -2.09. The smallest absolute Gasteiger partial charge is 0.341 e. The number of hydrogen-bond acceptors (Lipinski definition) is 7. The van der Waals surface area contributed by atoms with Crippen LogP contribution < -0.4 is 5.32 Å². The van der Waals surface area contributed by atoms with Crippen molar-refractivity contribution in [2.75, 3.05) is 18.2 Å². The predicted molar refractivity (Wildman–Crippen MR) is 141 cm³/mol. The van der Waals surface area contributed by atoms with E-state index in [0.29, 0.717) is 38.7 Å². The van der Waals surface area contributed by atoms with E-state index in [1.54, 1.807) is 18.2 Å². The summed E-state index contributed by atoms with van der Waals surface area (Å²) in [6.07, 6.45) is 1.76. The minimum Gasteiger partial charge on any atom is -0.465 e. The van der Waals surface area contributed by atoms with Crippen LogP contribution in [0.15, 0.2) is 77.8 Å². The molecule has 1 amide bonds. The van der Waals surface area contributed by atoms with Gasteiger partial charge in [-0.2, -0.15) is 0 Å². The molecule has 0 atom stereocenters. The van der Waals surface area contributed by atoms with Gasteiger partial charge in [0.1, 0.15) is 10.6 Å². The zero-order valence-corrected chi connectivity index (χ0v) is 21.1. The Labute approximate surface area is 215 Å². The second-order valence-corrected chi connectivity index (χ2v) is 9.52. The molecule has 0 aliphatic rings. The Kier molecular flexibility index (Phi) is 8.02. The molecule has 2 heterocycles. The number of anilines is 1. The van der Waals surface area contributed by atoms with E-state index in [-0.39, 0.29) is 11.7 Å². The van der Waals surface area contributed by atoms with E-state index in [1.165, 1.54) is 30.2 Å². The van der Waals surface area contributed by atoms with Gasteiger partial charge < -0.3 is 10.1 Å². The van der Waals surface area contributed by atoms with Crippen molar-refractivity contribution in [3.05, 3.63) is 83.2 Å². The number of nitrogens with one attached hydrogen (secondary N) is 1. The van der Waals surface area contributed by atoms with E-state index in [4.69, 9.17) is 16.3 Å². The van der Waals surface area contributed by atoms with Crippen LogP contribution >= 0.6 is 34.7 Å². The number of carbonyl (C=O) groups is 2. The van der Waals surface area contributed by atoms with Crippen molar-refractivity contribution in [3.63, 3.8) is 0 Å². The van der Waals surface area contributed by atoms with Crippen molar-refractivity contribution < 1.29 is 14.3 Å². The number of ether oxygens (including phenoxy) is 1. The highest BCUT2D eigenvalue weighted by atomic mass is 35.5. The molecule has 7 nitrogen and oxygen atoms in total. The van der Waals surface area contributed by atoms with Crippen molar-refractivity contribution in [2.24, 2.45) is 0 Å². The van der Waals surface area contributed by atoms with Crippen LogP contribution in [0.25, 0.3) is 22.5 Å². The molecule has 35 heavy (non-hydrogen) atoms. The number of hydrogen-bond donors (Lipinski definition) is 1. The number of rotatable bonds is 9. The number of carbonyl (C=O) groups excluding carboxylic acids is 2. The Balaban J connectivity index is 1.52. The molecule has 0 aliphatic carbocycles. The average molecular weight is 525 g/mol. The highest BCUT2D eigenvalue weighted by Gasteiger charge is 2.23. The van der Waals surface area contributed by atoms with Gasteiger partial charge in [-0.15, -0.1) is 28.1 Å². The molecular formula is C25H21ClN4O3S2. The van der Waals surface area contributed by atoms with E-state index < -0.39 is 5.97 Å². The summed E-state index contributed by atoms with van der Waals surface area (Å²) in [4.78, 5) is 25.4. The largest absolute Gasteiger partial charge is 0.465 e. The molecule has 10 heteroatoms. The molecule has 0 aliphatic heterocycles. The van der Waals surface area contributed by atoms with Crippen LogP contribution in [0.2, 0.25) is 5.02 Å². The zero-order chi connectivity index (χ0) is 24.8. The van der Waals surface area contributed by atoms with Gasteiger partial charge in [0.15, 0.2) is 11.0 Å². The van der Waals surface area contributed by atoms with Crippen molar-refractivity contribution in [3.8, 4) is 22.5 Å². The molecule has 0 fully saturated rings. The molecule has 0 bridgehead atoms. The Morgan fingerprint density at radius 3 is 2.57 bits per heavy atom. The van der Waals surface area contributed by atoms with E-state index in [2.05, 4.69) is 22.1 Å². The molecule has 0 unspecified atom stereocenters. The van der Waals surface area contributed by atoms with Gasteiger partial charge in [-0.05, 0) is 17.7 Å². The topological polar surface area (TPSA) is 86.1 Å². The Bertz CT molecular complexity index is 1350. The summed E-state index contributed by atoms with van der Waals surface area (Å²) in [6, 6.07) is 16.8. The first-order chi connectivity index (χ1) is 17.0. The first-order valence-corrected chi connectivity index (χ1v) is 12.7. The van der Waals surface area contributed by atoms with Crippen LogP contribution in [0.3, 0.4) is 0 Å². The molecule has 0 spiro atoms. The lowest BCUT2D eigenvalue weighted by molar-refractivity contribution is -0.113. The van der Waals surface area contributed by atoms with Crippen LogP contribution in [0.5, 0.6) is 0 Å². The first-order valence-electron chi connectivity index (χ1n) is 10.5. The lowest BCUT2D eigenvalue weighted by atomic mass is 10.0. The number of halogens is 1. The number of aromatic nitrogens is 3. The third-order valence-electron chi connectivity index (χ3n) is 4.98. The van der Waals surface area contributed by atoms with Crippen LogP contribution in [-0.4, -0.2) is 39.5 Å². The third kappa shape index (κ3) is 5.64. The van der Waals surface area contributed by atoms with Crippen molar-refractivity contribution >= 4 is 51.6 Å². The van der Waals surface area contributed by atoms with Gasteiger partial charge in [-0.25, -0.2) is 4.79 Å². The van der Waals surface area contributed by atoms with Crippen LogP contribution in [0.1, 0.15) is 10.4 Å². The number of thiophene rings is 1. The highest BCUT2D eigenvalue weighted by Crippen LogP contribution is 2.37. The van der Waals surface area contributed by atoms with Gasteiger partial charge in [0.2, 0.25) is 5.91 Å². The molecule has 2 aromatic heterocycles. The van der Waals surface area contributed by atoms with Crippen molar-refractivity contribution in [1.82, 2.24) is 14.8 Å². The van der Waals surface area contributed by atoms with Crippen LogP contribution in [-0.2, 0) is 16.1 Å². The van der Waals surface area contributed by atoms with Gasteiger partial charge in [-0.3, -0.25) is 9.36 Å². The molecule has 0 saturated carbocycles. The van der Waals surface area contributed by atoms with Gasteiger partial charge in [0, 0.05) is 28.1 Å². The maximum absolute atomic E-state index is 12.8. The summed E-state index contributed by atoms with van der Waals surface area (Å²) >= 11 is 8.51. The number of allylic oxidation sites excluding steroid dienone is 1. The van der Waals surface area contributed by atoms with E-state index in [0.717, 1.165) is 11.1 Å². The van der Waals surface area contributed by atoms with E-state index in [9.17, 15) is 9.59 Å². The number of amides is 1. The molecule has 4 rings (SSSR count). The highest BCUT2D eigenvalue weighted by molar-refractivity contribution is 7.99. The maximum atomic E-state index is 12.8. The van der Waals surface area contributed by atoms with Crippen molar-refractivity contribution in [1.29, 1.82) is 0 Å². The molecule has 0 saturated heterocycles. The van der Waals surface area contributed by atoms with E-state index >= 15 is 0 Å². The van der Waals surface area contributed by atoms with Gasteiger partial charge in [0.25, 0.3) is 0 Å². The monoisotopic (exact) mass is 524 g/mol. The van der Waals surface area contributed by atoms with E-state index in [1.807, 2.05) is 52.4 Å². The zero-order valence-electron chi connectivity index (χ0n) is 18.7. The number of methoxy groups -OCH3 is 1. The average Bonchev–Trinajstić information content (AvgIpc) is 3.47. The Morgan fingerprint density at radius 2 is 1.89 bits per heavy atom. The second-order valence-electron chi connectivity index (χ2n) is 7.26. The third-order valence-corrected chi connectivity index (χ3v) is 7.10. The normalized spacial score (nSPS) is 10.7. The molecule has 4 aromatic rings. The van der Waals surface area contributed by atoms with Crippen molar-refractivity contribution in [2.45, 2.75) is 11.7 Å². The fraction of sp³-hybridized carbons (Fsp3) is 0.120. The summed E-state index contributed by atoms with van der Waals surface area (Å²) < 4.78 is 6.88. The summed E-state index contributed by atoms with van der Waals surface area (Å²) in [5.41, 5.74) is 2.69. The van der Waals surface area contributed by atoms with Gasteiger partial charge in [-0.1, -0.05) is 71.9 Å². The van der Waals surface area contributed by atoms with Gasteiger partial charge >= 0.3 is 5.97 Å². The standard InChI is InChI=1S/C25H21ClN4O3S2/c1-3-13-30-22(17-7-5-4-6-8-17)28-29-25(30)35-15-20(31)27-23-21(24(32)33-2)19(14-34-23)16-9-11-18(26)12-10-16/h3-12,14H,1,13,15H2,2H3,(H,27,31). The second kappa shape index (κ2) is 11.4. The molecule has 1 N–H and O–H groups in total. The SMILES string of the molecule is C=CCn1c(SCC(=O)Nc2scc(-c3ccc(Cl)cc3)c2C(=O)OC)nnc1-c1ccccc1. The molecule has 178 valence electrons. The summed E-state index contributed by atoms with van der Waals surface area (Å²) in [6.45, 7) is 4.32. The number of benzene rings is 2. The predicted octanol–water partition coefficient (Wildman–Crippen LogP) is 6.03. The summed E-state index contributed by atoms with van der Waals surface area (Å²) in [5.74, 6) is -0.0255. The molecule has 2 aromatic carbocycles. The molecular weight excluding hydrogens is 504 g/mol. The number of thioether (sulfide) groups is 1. The summed E-state index contributed by atoms with van der Waals surface area (Å²) in [5, 5.41) is 14.8. The summed E-state index contributed by atoms with van der Waals surface area (Å²) in [7, 11) is 1.31. The number of nitrogens with zero attached hydrogens (tertiary/aromatic N) is 3. The maximum Gasteiger partial charge on any atom is 0.341 e. The Morgan fingerprint density at radius 1 is 1.14 bits per heavy atom. The first kappa shape index (κ1) is 24.7. The van der Waals surface area contributed by atoms with Crippen LogP contribution in [0.4, 0.5) is 5.00 Å². The number of esters is 1. The minimum atomic E-state index is -0.530.